The van der Waals surface area contributed by atoms with Crippen molar-refractivity contribution in [2.75, 3.05) is 5.73 Å². The molecule has 0 saturated carbocycles. The summed E-state index contributed by atoms with van der Waals surface area (Å²) >= 11 is 1.40. The van der Waals surface area contributed by atoms with Crippen LogP contribution in [-0.4, -0.2) is 15.9 Å². The van der Waals surface area contributed by atoms with E-state index in [0.29, 0.717) is 11.3 Å². The van der Waals surface area contributed by atoms with Crippen LogP contribution in [0.25, 0.3) is 0 Å². The monoisotopic (exact) mass is 234 g/mol. The van der Waals surface area contributed by atoms with Crippen molar-refractivity contribution in [3.8, 4) is 0 Å². The molecule has 16 heavy (non-hydrogen) atoms. The van der Waals surface area contributed by atoms with Gasteiger partial charge in [-0.2, -0.15) is 0 Å². The highest BCUT2D eigenvalue weighted by atomic mass is 32.2. The molecular formula is C10H10N4OS. The number of nitrogens with two attached hydrogens (primary N) is 2. The largest absolute Gasteiger partial charge is 0.398 e. The molecule has 0 spiro atoms. The van der Waals surface area contributed by atoms with E-state index in [1.807, 2.05) is 0 Å². The number of hydrogen-bond acceptors (Lipinski definition) is 4. The van der Waals surface area contributed by atoms with Gasteiger partial charge in [0.15, 0.2) is 5.16 Å². The highest BCUT2D eigenvalue weighted by Crippen LogP contribution is 2.30. The van der Waals surface area contributed by atoms with Crippen molar-refractivity contribution in [1.82, 2.24) is 9.97 Å². The smallest absolute Gasteiger partial charge is 0.248 e. The number of primary amides is 1. The molecule has 0 saturated heterocycles. The van der Waals surface area contributed by atoms with Crippen molar-refractivity contribution in [1.29, 1.82) is 0 Å². The Morgan fingerprint density at radius 1 is 1.44 bits per heavy atom. The number of imidazole rings is 1. The quantitative estimate of drug-likeness (QED) is 0.696. The third kappa shape index (κ3) is 2.17. The molecule has 0 atom stereocenters. The lowest BCUT2D eigenvalue weighted by atomic mass is 10.2. The zero-order valence-corrected chi connectivity index (χ0v) is 9.12. The molecule has 0 radical (unpaired) electrons. The van der Waals surface area contributed by atoms with E-state index < -0.39 is 5.91 Å². The minimum atomic E-state index is -0.485. The van der Waals surface area contributed by atoms with Crippen LogP contribution in [0.4, 0.5) is 5.69 Å². The molecular weight excluding hydrogens is 224 g/mol. The van der Waals surface area contributed by atoms with Crippen molar-refractivity contribution in [2.45, 2.75) is 10.1 Å². The number of aromatic nitrogens is 2. The van der Waals surface area contributed by atoms with Gasteiger partial charge in [-0.05, 0) is 30.0 Å². The number of carbonyl (C=O) groups is 1. The summed E-state index contributed by atoms with van der Waals surface area (Å²) in [5, 5.41) is 0.749. The number of nitrogen functional groups attached to an aromatic ring is 1. The summed E-state index contributed by atoms with van der Waals surface area (Å²) in [6.45, 7) is 0. The standard InChI is InChI=1S/C10H10N4OS/c11-7-5-6(9(12)15)1-2-8(7)16-10-13-3-4-14-10/h1-5H,11H2,(H2,12,15)(H,13,14). The van der Waals surface area contributed by atoms with E-state index in [-0.39, 0.29) is 0 Å². The number of benzene rings is 1. The number of H-pyrrole nitrogens is 1. The molecule has 1 heterocycles. The highest BCUT2D eigenvalue weighted by molar-refractivity contribution is 7.99. The van der Waals surface area contributed by atoms with Gasteiger partial charge >= 0.3 is 0 Å². The summed E-state index contributed by atoms with van der Waals surface area (Å²) in [4.78, 5) is 18.8. The van der Waals surface area contributed by atoms with Crippen LogP contribution in [0.2, 0.25) is 0 Å². The first-order valence-electron chi connectivity index (χ1n) is 4.53. The second kappa shape index (κ2) is 4.28. The first-order chi connectivity index (χ1) is 7.66. The second-order valence-corrected chi connectivity index (χ2v) is 4.14. The number of anilines is 1. The molecule has 0 unspecified atom stereocenters. The fraction of sp³-hybridized carbons (Fsp3) is 0. The van der Waals surface area contributed by atoms with E-state index in [0.717, 1.165) is 10.1 Å². The first kappa shape index (κ1) is 10.6. The van der Waals surface area contributed by atoms with E-state index in [1.54, 1.807) is 30.6 Å². The molecule has 0 aliphatic rings. The Kier molecular flexibility index (Phi) is 2.82. The molecule has 1 aromatic heterocycles. The minimum absolute atomic E-state index is 0.404. The Morgan fingerprint density at radius 3 is 2.81 bits per heavy atom. The van der Waals surface area contributed by atoms with Crippen LogP contribution in [-0.2, 0) is 0 Å². The normalized spacial score (nSPS) is 10.2. The maximum atomic E-state index is 10.9. The van der Waals surface area contributed by atoms with Crippen molar-refractivity contribution >= 4 is 23.4 Å². The zero-order valence-electron chi connectivity index (χ0n) is 8.31. The van der Waals surface area contributed by atoms with Gasteiger partial charge in [0.05, 0.1) is 0 Å². The third-order valence-corrected chi connectivity index (χ3v) is 2.98. The van der Waals surface area contributed by atoms with Crippen molar-refractivity contribution in [2.24, 2.45) is 5.73 Å². The lowest BCUT2D eigenvalue weighted by molar-refractivity contribution is 0.100. The molecule has 82 valence electrons. The van der Waals surface area contributed by atoms with Gasteiger partial charge in [0, 0.05) is 28.5 Å². The Morgan fingerprint density at radius 2 is 2.25 bits per heavy atom. The molecule has 0 fully saturated rings. The van der Waals surface area contributed by atoms with Crippen LogP contribution in [0.15, 0.2) is 40.6 Å². The summed E-state index contributed by atoms with van der Waals surface area (Å²) < 4.78 is 0. The van der Waals surface area contributed by atoms with E-state index in [9.17, 15) is 4.79 Å². The topological polar surface area (TPSA) is 97.8 Å². The molecule has 1 amide bonds. The Bertz CT molecular complexity index is 510. The number of amides is 1. The molecule has 5 nitrogen and oxygen atoms in total. The van der Waals surface area contributed by atoms with Crippen molar-refractivity contribution in [3.63, 3.8) is 0 Å². The average molecular weight is 234 g/mol. The van der Waals surface area contributed by atoms with Gasteiger partial charge in [-0.3, -0.25) is 4.79 Å². The fourth-order valence-corrected chi connectivity index (χ4v) is 1.97. The number of hydrogen-bond donors (Lipinski definition) is 3. The van der Waals surface area contributed by atoms with E-state index in [4.69, 9.17) is 11.5 Å². The zero-order chi connectivity index (χ0) is 11.5. The van der Waals surface area contributed by atoms with Crippen LogP contribution < -0.4 is 11.5 Å². The predicted octanol–water partition coefficient (Wildman–Crippen LogP) is 1.24. The summed E-state index contributed by atoms with van der Waals surface area (Å²) in [5.74, 6) is -0.485. The maximum Gasteiger partial charge on any atom is 0.248 e. The van der Waals surface area contributed by atoms with Crippen LogP contribution in [0.3, 0.4) is 0 Å². The van der Waals surface area contributed by atoms with E-state index >= 15 is 0 Å². The number of nitrogens with one attached hydrogen (secondary N) is 1. The van der Waals surface area contributed by atoms with Crippen LogP contribution >= 0.6 is 11.8 Å². The summed E-state index contributed by atoms with van der Waals surface area (Å²) in [6, 6.07) is 4.96. The van der Waals surface area contributed by atoms with Gasteiger partial charge < -0.3 is 16.5 Å². The van der Waals surface area contributed by atoms with Gasteiger partial charge in [-0.1, -0.05) is 0 Å². The lowest BCUT2D eigenvalue weighted by Crippen LogP contribution is -2.11. The molecule has 2 aromatic rings. The summed E-state index contributed by atoms with van der Waals surface area (Å²) in [5.41, 5.74) is 11.9. The van der Waals surface area contributed by atoms with Gasteiger partial charge in [-0.15, -0.1) is 0 Å². The number of rotatable bonds is 3. The maximum absolute atomic E-state index is 10.9. The molecule has 0 bridgehead atoms. The minimum Gasteiger partial charge on any atom is -0.398 e. The molecule has 1 aromatic carbocycles. The van der Waals surface area contributed by atoms with Crippen LogP contribution in [0.5, 0.6) is 0 Å². The Labute approximate surface area is 96.2 Å². The molecule has 2 rings (SSSR count). The third-order valence-electron chi connectivity index (χ3n) is 1.97. The SMILES string of the molecule is NC(=O)c1ccc(Sc2ncc[nH]2)c(N)c1. The summed E-state index contributed by atoms with van der Waals surface area (Å²) in [7, 11) is 0. The van der Waals surface area contributed by atoms with Crippen LogP contribution in [0, 0.1) is 0 Å². The van der Waals surface area contributed by atoms with E-state index in [1.165, 1.54) is 11.8 Å². The Hall–Kier alpha value is -1.95. The number of aromatic amines is 1. The van der Waals surface area contributed by atoms with Gasteiger partial charge in [-0.25, -0.2) is 4.98 Å². The van der Waals surface area contributed by atoms with Crippen molar-refractivity contribution < 1.29 is 4.79 Å². The lowest BCUT2D eigenvalue weighted by Gasteiger charge is -2.04. The summed E-state index contributed by atoms with van der Waals surface area (Å²) in [6.07, 6.45) is 3.40. The molecule has 5 N–H and O–H groups in total. The number of carbonyl (C=O) groups excluding carboxylic acids is 1. The first-order valence-corrected chi connectivity index (χ1v) is 5.35. The van der Waals surface area contributed by atoms with Gasteiger partial charge in [0.25, 0.3) is 0 Å². The van der Waals surface area contributed by atoms with Crippen molar-refractivity contribution in [3.05, 3.63) is 36.2 Å². The van der Waals surface area contributed by atoms with Crippen LogP contribution in [0.1, 0.15) is 10.4 Å². The average Bonchev–Trinajstić information content (AvgIpc) is 2.73. The fourth-order valence-electron chi connectivity index (χ4n) is 1.21. The molecule has 6 heteroatoms. The Balaban J connectivity index is 2.26. The molecule has 0 aliphatic heterocycles. The van der Waals surface area contributed by atoms with Gasteiger partial charge in [0.2, 0.25) is 5.91 Å². The second-order valence-electron chi connectivity index (χ2n) is 3.11. The predicted molar refractivity (Wildman–Crippen MR) is 62.1 cm³/mol. The highest BCUT2D eigenvalue weighted by Gasteiger charge is 2.07. The van der Waals surface area contributed by atoms with E-state index in [2.05, 4.69) is 9.97 Å². The number of nitrogens with zero attached hydrogens (tertiary/aromatic N) is 1. The van der Waals surface area contributed by atoms with Gasteiger partial charge in [0.1, 0.15) is 0 Å². The molecule has 0 aliphatic carbocycles.